The van der Waals surface area contributed by atoms with E-state index in [-0.39, 0.29) is 6.04 Å². The molecule has 2 atom stereocenters. The van der Waals surface area contributed by atoms with Gasteiger partial charge in [-0.05, 0) is 31.9 Å². The topological polar surface area (TPSA) is 57.4 Å². The van der Waals surface area contributed by atoms with Crippen molar-refractivity contribution in [1.82, 2.24) is 4.31 Å². The molecular formula is C15H21NO3S. The van der Waals surface area contributed by atoms with E-state index in [1.807, 2.05) is 6.92 Å². The summed E-state index contributed by atoms with van der Waals surface area (Å²) in [4.78, 5) is 0.324. The Labute approximate surface area is 120 Å². The molecule has 20 heavy (non-hydrogen) atoms. The van der Waals surface area contributed by atoms with Gasteiger partial charge in [0.15, 0.2) is 0 Å². The standard InChI is InChI=1S/C15H21NO3S/c1-12-5-7-13(8-6-12)20(18,19)16-11-14(16)15(17)9-3-2-4-10-15/h5-8,14,17H,2-4,9-11H2,1H3/t14-,16?/m1/s1. The van der Waals surface area contributed by atoms with Crippen LogP contribution in [0.5, 0.6) is 0 Å². The maximum atomic E-state index is 12.5. The SMILES string of the molecule is Cc1ccc(S(=O)(=O)N2C[C@@H]2C2(O)CCCCC2)cc1. The van der Waals surface area contributed by atoms with Gasteiger partial charge in [0.1, 0.15) is 0 Å². The molecule has 1 aliphatic carbocycles. The minimum absolute atomic E-state index is 0.228. The van der Waals surface area contributed by atoms with Gasteiger partial charge in [-0.2, -0.15) is 4.31 Å². The number of nitrogens with zero attached hydrogens (tertiary/aromatic N) is 1. The molecule has 0 aromatic heterocycles. The van der Waals surface area contributed by atoms with Crippen molar-refractivity contribution in [2.45, 2.75) is 55.6 Å². The molecule has 1 N–H and O–H groups in total. The van der Waals surface area contributed by atoms with Crippen LogP contribution in [0.4, 0.5) is 0 Å². The Kier molecular flexibility index (Phi) is 3.39. The molecule has 1 unspecified atom stereocenters. The summed E-state index contributed by atoms with van der Waals surface area (Å²) < 4.78 is 26.5. The molecule has 0 bridgehead atoms. The second-order valence-corrected chi connectivity index (χ2v) is 7.96. The molecule has 1 saturated heterocycles. The number of hydrogen-bond donors (Lipinski definition) is 1. The van der Waals surface area contributed by atoms with Crippen LogP contribution in [0.1, 0.15) is 37.7 Å². The van der Waals surface area contributed by atoms with Gasteiger partial charge in [0.05, 0.1) is 16.5 Å². The maximum Gasteiger partial charge on any atom is 0.243 e. The lowest BCUT2D eigenvalue weighted by atomic mass is 9.82. The normalized spacial score (nSPS) is 29.1. The van der Waals surface area contributed by atoms with Gasteiger partial charge in [-0.15, -0.1) is 0 Å². The summed E-state index contributed by atoms with van der Waals surface area (Å²) in [6.45, 7) is 2.38. The van der Waals surface area contributed by atoms with Gasteiger partial charge in [-0.25, -0.2) is 8.42 Å². The molecule has 1 aliphatic heterocycles. The van der Waals surface area contributed by atoms with Gasteiger partial charge >= 0.3 is 0 Å². The van der Waals surface area contributed by atoms with Crippen molar-refractivity contribution in [3.05, 3.63) is 29.8 Å². The Balaban J connectivity index is 1.79. The predicted molar refractivity (Wildman–Crippen MR) is 76.9 cm³/mol. The van der Waals surface area contributed by atoms with E-state index in [2.05, 4.69) is 0 Å². The van der Waals surface area contributed by atoms with Crippen molar-refractivity contribution in [2.75, 3.05) is 6.54 Å². The van der Waals surface area contributed by atoms with Gasteiger partial charge in [0.25, 0.3) is 0 Å². The Morgan fingerprint density at radius 3 is 2.35 bits per heavy atom. The van der Waals surface area contributed by atoms with E-state index < -0.39 is 15.6 Å². The molecule has 5 heteroatoms. The monoisotopic (exact) mass is 295 g/mol. The third-order valence-electron chi connectivity index (χ3n) is 4.53. The third-order valence-corrected chi connectivity index (χ3v) is 6.42. The van der Waals surface area contributed by atoms with E-state index in [1.54, 1.807) is 24.3 Å². The quantitative estimate of drug-likeness (QED) is 0.868. The molecule has 1 aromatic rings. The summed E-state index contributed by atoms with van der Waals surface area (Å²) >= 11 is 0. The summed E-state index contributed by atoms with van der Waals surface area (Å²) in [5.74, 6) is 0. The van der Waals surface area contributed by atoms with Gasteiger partial charge in [-0.1, -0.05) is 37.0 Å². The first-order valence-corrected chi connectivity index (χ1v) is 8.68. The smallest absolute Gasteiger partial charge is 0.243 e. The van der Waals surface area contributed by atoms with Crippen molar-refractivity contribution >= 4 is 10.0 Å². The number of aryl methyl sites for hydroxylation is 1. The lowest BCUT2D eigenvalue weighted by Crippen LogP contribution is -2.40. The van der Waals surface area contributed by atoms with Crippen LogP contribution in [0.25, 0.3) is 0 Å². The number of hydrogen-bond acceptors (Lipinski definition) is 3. The first-order valence-electron chi connectivity index (χ1n) is 7.24. The molecular weight excluding hydrogens is 274 g/mol. The van der Waals surface area contributed by atoms with Crippen molar-refractivity contribution in [2.24, 2.45) is 0 Å². The zero-order valence-electron chi connectivity index (χ0n) is 11.7. The molecule has 3 rings (SSSR count). The Morgan fingerprint density at radius 1 is 1.15 bits per heavy atom. The van der Waals surface area contributed by atoms with E-state index in [0.29, 0.717) is 11.4 Å². The van der Waals surface area contributed by atoms with Crippen molar-refractivity contribution in [3.8, 4) is 0 Å². The van der Waals surface area contributed by atoms with Crippen LogP contribution in [0.15, 0.2) is 29.2 Å². The summed E-state index contributed by atoms with van der Waals surface area (Å²) in [6, 6.07) is 6.67. The Morgan fingerprint density at radius 2 is 1.75 bits per heavy atom. The zero-order valence-corrected chi connectivity index (χ0v) is 12.6. The number of rotatable bonds is 3. The maximum absolute atomic E-state index is 12.5. The average molecular weight is 295 g/mol. The van der Waals surface area contributed by atoms with Crippen LogP contribution >= 0.6 is 0 Å². The van der Waals surface area contributed by atoms with Crippen molar-refractivity contribution < 1.29 is 13.5 Å². The molecule has 1 saturated carbocycles. The van der Waals surface area contributed by atoms with Crippen LogP contribution in [0.2, 0.25) is 0 Å². The molecule has 2 fully saturated rings. The minimum Gasteiger partial charge on any atom is -0.388 e. The Hall–Kier alpha value is -0.910. The first-order chi connectivity index (χ1) is 9.43. The van der Waals surface area contributed by atoms with Gasteiger partial charge < -0.3 is 5.11 Å². The van der Waals surface area contributed by atoms with Crippen LogP contribution in [-0.4, -0.2) is 36.0 Å². The molecule has 1 heterocycles. The summed E-state index contributed by atoms with van der Waals surface area (Å²) in [5.41, 5.74) is 0.230. The van der Waals surface area contributed by atoms with Gasteiger partial charge in [0.2, 0.25) is 10.0 Å². The predicted octanol–water partition coefficient (Wildman–Crippen LogP) is 2.06. The van der Waals surface area contributed by atoms with E-state index in [9.17, 15) is 13.5 Å². The highest BCUT2D eigenvalue weighted by atomic mass is 32.2. The van der Waals surface area contributed by atoms with E-state index >= 15 is 0 Å². The second-order valence-electron chi connectivity index (χ2n) is 6.07. The zero-order chi connectivity index (χ0) is 14.4. The van der Waals surface area contributed by atoms with Gasteiger partial charge in [-0.3, -0.25) is 0 Å². The molecule has 0 spiro atoms. The molecule has 2 aliphatic rings. The third kappa shape index (κ3) is 2.38. The molecule has 4 nitrogen and oxygen atoms in total. The van der Waals surface area contributed by atoms with E-state index in [1.165, 1.54) is 4.31 Å². The molecule has 1 aromatic carbocycles. The average Bonchev–Trinajstić information content (AvgIpc) is 3.21. The van der Waals surface area contributed by atoms with Crippen LogP contribution in [0, 0.1) is 6.92 Å². The fraction of sp³-hybridized carbons (Fsp3) is 0.600. The lowest BCUT2D eigenvalue weighted by molar-refractivity contribution is -0.00253. The van der Waals surface area contributed by atoms with E-state index in [4.69, 9.17) is 0 Å². The fourth-order valence-corrected chi connectivity index (χ4v) is 4.79. The second kappa shape index (κ2) is 4.83. The van der Waals surface area contributed by atoms with Crippen LogP contribution < -0.4 is 0 Å². The highest BCUT2D eigenvalue weighted by Gasteiger charge is 2.56. The lowest BCUT2D eigenvalue weighted by Gasteiger charge is -2.32. The van der Waals surface area contributed by atoms with E-state index in [0.717, 1.165) is 37.7 Å². The van der Waals surface area contributed by atoms with Gasteiger partial charge in [0, 0.05) is 6.54 Å². The first kappa shape index (κ1) is 14.0. The Bertz CT molecular complexity index is 588. The highest BCUT2D eigenvalue weighted by molar-refractivity contribution is 7.89. The number of aliphatic hydroxyl groups is 1. The minimum atomic E-state index is -3.45. The summed E-state index contributed by atoms with van der Waals surface area (Å²) in [7, 11) is -3.45. The molecule has 0 radical (unpaired) electrons. The molecule has 0 amide bonds. The summed E-state index contributed by atoms with van der Waals surface area (Å²) in [5, 5.41) is 10.6. The summed E-state index contributed by atoms with van der Waals surface area (Å²) in [6.07, 6.45) is 4.56. The van der Waals surface area contributed by atoms with Crippen molar-refractivity contribution in [3.63, 3.8) is 0 Å². The van der Waals surface area contributed by atoms with Crippen molar-refractivity contribution in [1.29, 1.82) is 0 Å². The van der Waals surface area contributed by atoms with Crippen LogP contribution in [-0.2, 0) is 10.0 Å². The highest BCUT2D eigenvalue weighted by Crippen LogP contribution is 2.42. The number of benzene rings is 1. The number of sulfonamides is 1. The fourth-order valence-electron chi connectivity index (χ4n) is 3.17. The molecule has 110 valence electrons. The largest absolute Gasteiger partial charge is 0.388 e. The van der Waals surface area contributed by atoms with Crippen LogP contribution in [0.3, 0.4) is 0 Å².